The average Bonchev–Trinajstić information content (AvgIpc) is 3.29. The molecule has 1 aliphatic rings. The SMILES string of the molecule is COc1cc(C)ccc1-c1nccc(CNC2CC2)n1. The lowest BCUT2D eigenvalue weighted by Gasteiger charge is -2.09. The molecule has 0 atom stereocenters. The number of hydrogen-bond donors (Lipinski definition) is 1. The van der Waals surface area contributed by atoms with Crippen molar-refractivity contribution in [3.8, 4) is 17.1 Å². The van der Waals surface area contributed by atoms with E-state index in [1.54, 1.807) is 7.11 Å². The topological polar surface area (TPSA) is 47.0 Å². The number of methoxy groups -OCH3 is 1. The Hall–Kier alpha value is -1.94. The number of nitrogens with one attached hydrogen (secondary N) is 1. The van der Waals surface area contributed by atoms with Crippen molar-refractivity contribution in [2.45, 2.75) is 32.4 Å². The zero-order valence-electron chi connectivity index (χ0n) is 11.9. The van der Waals surface area contributed by atoms with Gasteiger partial charge in [-0.2, -0.15) is 0 Å². The van der Waals surface area contributed by atoms with Gasteiger partial charge in [-0.3, -0.25) is 0 Å². The van der Waals surface area contributed by atoms with Crippen molar-refractivity contribution < 1.29 is 4.74 Å². The number of nitrogens with zero attached hydrogens (tertiary/aromatic N) is 2. The minimum absolute atomic E-state index is 0.683. The summed E-state index contributed by atoms with van der Waals surface area (Å²) in [6.07, 6.45) is 4.37. The van der Waals surface area contributed by atoms with Crippen LogP contribution in [0, 0.1) is 6.92 Å². The number of aryl methyl sites for hydroxylation is 1. The van der Waals surface area contributed by atoms with E-state index in [0.29, 0.717) is 6.04 Å². The van der Waals surface area contributed by atoms with Gasteiger partial charge in [0.15, 0.2) is 5.82 Å². The van der Waals surface area contributed by atoms with Crippen LogP contribution >= 0.6 is 0 Å². The van der Waals surface area contributed by atoms with Crippen LogP contribution in [0.15, 0.2) is 30.5 Å². The van der Waals surface area contributed by atoms with Crippen molar-refractivity contribution in [3.05, 3.63) is 41.7 Å². The second-order valence-electron chi connectivity index (χ2n) is 5.23. The van der Waals surface area contributed by atoms with Gasteiger partial charge in [0.05, 0.1) is 18.4 Å². The highest BCUT2D eigenvalue weighted by molar-refractivity contribution is 5.64. The molecule has 1 aliphatic carbocycles. The number of benzene rings is 1. The molecule has 1 N–H and O–H groups in total. The van der Waals surface area contributed by atoms with E-state index in [9.17, 15) is 0 Å². The lowest BCUT2D eigenvalue weighted by molar-refractivity contribution is 0.416. The molecule has 3 rings (SSSR count). The first-order valence-corrected chi connectivity index (χ1v) is 6.96. The van der Waals surface area contributed by atoms with E-state index in [2.05, 4.69) is 21.4 Å². The maximum absolute atomic E-state index is 5.43. The van der Waals surface area contributed by atoms with Crippen molar-refractivity contribution in [2.75, 3.05) is 7.11 Å². The summed E-state index contributed by atoms with van der Waals surface area (Å²) in [5, 5.41) is 3.47. The highest BCUT2D eigenvalue weighted by Crippen LogP contribution is 2.28. The zero-order chi connectivity index (χ0) is 13.9. The molecular weight excluding hydrogens is 250 g/mol. The van der Waals surface area contributed by atoms with E-state index in [4.69, 9.17) is 4.74 Å². The van der Waals surface area contributed by atoms with Crippen LogP contribution in [-0.4, -0.2) is 23.1 Å². The van der Waals surface area contributed by atoms with Crippen molar-refractivity contribution in [1.29, 1.82) is 0 Å². The van der Waals surface area contributed by atoms with Crippen LogP contribution in [0.5, 0.6) is 5.75 Å². The Morgan fingerprint density at radius 2 is 2.15 bits per heavy atom. The van der Waals surface area contributed by atoms with Gasteiger partial charge in [-0.15, -0.1) is 0 Å². The van der Waals surface area contributed by atoms with E-state index in [0.717, 1.165) is 34.9 Å². The largest absolute Gasteiger partial charge is 0.496 e. The number of ether oxygens (including phenoxy) is 1. The predicted octanol–water partition coefficient (Wildman–Crippen LogP) is 2.71. The van der Waals surface area contributed by atoms with Gasteiger partial charge < -0.3 is 10.1 Å². The average molecular weight is 269 g/mol. The van der Waals surface area contributed by atoms with Crippen molar-refractivity contribution in [2.24, 2.45) is 0 Å². The normalized spacial score (nSPS) is 14.3. The molecule has 0 bridgehead atoms. The van der Waals surface area contributed by atoms with Gasteiger partial charge in [0, 0.05) is 18.8 Å². The summed E-state index contributed by atoms with van der Waals surface area (Å²) in [7, 11) is 1.68. The van der Waals surface area contributed by atoms with Crippen molar-refractivity contribution in [1.82, 2.24) is 15.3 Å². The molecule has 1 heterocycles. The molecule has 1 fully saturated rings. The molecule has 4 nitrogen and oxygen atoms in total. The van der Waals surface area contributed by atoms with Gasteiger partial charge in [0.1, 0.15) is 5.75 Å². The molecule has 104 valence electrons. The van der Waals surface area contributed by atoms with Crippen LogP contribution in [0.1, 0.15) is 24.1 Å². The molecule has 0 unspecified atom stereocenters. The van der Waals surface area contributed by atoms with E-state index < -0.39 is 0 Å². The molecule has 0 saturated heterocycles. The molecular formula is C16H19N3O. The summed E-state index contributed by atoms with van der Waals surface area (Å²) in [5.41, 5.74) is 3.12. The van der Waals surface area contributed by atoms with E-state index >= 15 is 0 Å². The van der Waals surface area contributed by atoms with Gasteiger partial charge in [-0.05, 0) is 43.5 Å². The third kappa shape index (κ3) is 2.96. The van der Waals surface area contributed by atoms with Gasteiger partial charge >= 0.3 is 0 Å². The Balaban J connectivity index is 1.86. The van der Waals surface area contributed by atoms with E-state index in [-0.39, 0.29) is 0 Å². The third-order valence-electron chi connectivity index (χ3n) is 3.46. The van der Waals surface area contributed by atoms with Crippen LogP contribution in [0.3, 0.4) is 0 Å². The fourth-order valence-electron chi connectivity index (χ4n) is 2.14. The Morgan fingerprint density at radius 1 is 1.30 bits per heavy atom. The maximum atomic E-state index is 5.43. The third-order valence-corrected chi connectivity index (χ3v) is 3.46. The predicted molar refractivity (Wildman–Crippen MR) is 78.6 cm³/mol. The highest BCUT2D eigenvalue weighted by atomic mass is 16.5. The van der Waals surface area contributed by atoms with Crippen LogP contribution < -0.4 is 10.1 Å². The second-order valence-corrected chi connectivity index (χ2v) is 5.23. The number of rotatable bonds is 5. The van der Waals surface area contributed by atoms with Gasteiger partial charge in [-0.25, -0.2) is 9.97 Å². The number of hydrogen-bond acceptors (Lipinski definition) is 4. The molecule has 0 spiro atoms. The van der Waals surface area contributed by atoms with Crippen LogP contribution in [0.4, 0.5) is 0 Å². The quantitative estimate of drug-likeness (QED) is 0.906. The second kappa shape index (κ2) is 5.59. The number of aromatic nitrogens is 2. The fourth-order valence-corrected chi connectivity index (χ4v) is 2.14. The van der Waals surface area contributed by atoms with Crippen LogP contribution in [0.25, 0.3) is 11.4 Å². The monoisotopic (exact) mass is 269 g/mol. The van der Waals surface area contributed by atoms with Gasteiger partial charge in [0.2, 0.25) is 0 Å². The molecule has 4 heteroatoms. The summed E-state index contributed by atoms with van der Waals surface area (Å²) in [6, 6.07) is 8.72. The highest BCUT2D eigenvalue weighted by Gasteiger charge is 2.20. The Morgan fingerprint density at radius 3 is 2.90 bits per heavy atom. The molecule has 1 aromatic carbocycles. The van der Waals surface area contributed by atoms with Crippen LogP contribution in [0.2, 0.25) is 0 Å². The first kappa shape index (κ1) is 13.1. The molecule has 0 aliphatic heterocycles. The minimum Gasteiger partial charge on any atom is -0.496 e. The molecule has 1 saturated carbocycles. The van der Waals surface area contributed by atoms with E-state index in [1.165, 1.54) is 12.8 Å². The Kier molecular flexibility index (Phi) is 3.65. The molecule has 20 heavy (non-hydrogen) atoms. The minimum atomic E-state index is 0.683. The molecule has 0 radical (unpaired) electrons. The fraction of sp³-hybridized carbons (Fsp3) is 0.375. The molecule has 1 aromatic heterocycles. The molecule has 2 aromatic rings. The van der Waals surface area contributed by atoms with Crippen molar-refractivity contribution >= 4 is 0 Å². The lowest BCUT2D eigenvalue weighted by atomic mass is 10.1. The Labute approximate surface area is 119 Å². The maximum Gasteiger partial charge on any atom is 0.163 e. The first-order chi connectivity index (χ1) is 9.76. The summed E-state index contributed by atoms with van der Waals surface area (Å²) >= 11 is 0. The molecule has 0 amide bonds. The van der Waals surface area contributed by atoms with Crippen molar-refractivity contribution in [3.63, 3.8) is 0 Å². The smallest absolute Gasteiger partial charge is 0.163 e. The summed E-state index contributed by atoms with van der Waals surface area (Å²) < 4.78 is 5.43. The van der Waals surface area contributed by atoms with Gasteiger partial charge in [0.25, 0.3) is 0 Å². The zero-order valence-corrected chi connectivity index (χ0v) is 11.9. The summed E-state index contributed by atoms with van der Waals surface area (Å²) in [6.45, 7) is 2.84. The summed E-state index contributed by atoms with van der Waals surface area (Å²) in [5.74, 6) is 1.54. The summed E-state index contributed by atoms with van der Waals surface area (Å²) in [4.78, 5) is 9.00. The van der Waals surface area contributed by atoms with Crippen LogP contribution in [-0.2, 0) is 6.54 Å². The Bertz CT molecular complexity index is 608. The first-order valence-electron chi connectivity index (χ1n) is 6.96. The van der Waals surface area contributed by atoms with E-state index in [1.807, 2.05) is 31.3 Å². The van der Waals surface area contributed by atoms with Gasteiger partial charge in [-0.1, -0.05) is 6.07 Å². The lowest BCUT2D eigenvalue weighted by Crippen LogP contribution is -2.16. The standard InChI is InChI=1S/C16H19N3O/c1-11-3-6-14(15(9-11)20-2)16-17-8-7-13(19-16)10-18-12-4-5-12/h3,6-9,12,18H,4-5,10H2,1-2H3.